The molecule has 11 heteroatoms. The van der Waals surface area contributed by atoms with E-state index >= 15 is 0 Å². The van der Waals surface area contributed by atoms with Crippen molar-refractivity contribution < 1.29 is 33.7 Å². The number of carboxylic acid groups (broad SMARTS) is 1. The highest BCUT2D eigenvalue weighted by Crippen LogP contribution is 2.29. The van der Waals surface area contributed by atoms with E-state index in [-0.39, 0.29) is 17.3 Å². The fraction of sp³-hybridized carbons (Fsp3) is 0.154. The summed E-state index contributed by atoms with van der Waals surface area (Å²) in [5.41, 5.74) is 6.67. The number of benzene rings is 2. The number of nitrogens with two attached hydrogens (primary N) is 1. The minimum Gasteiger partial charge on any atom is -0.464 e. The maximum absolute atomic E-state index is 12.5. The Morgan fingerprint density at radius 3 is 2.46 bits per heavy atom. The van der Waals surface area contributed by atoms with Crippen LogP contribution in [0.1, 0.15) is 17.4 Å². The molecule has 0 saturated carbocycles. The molecule has 0 aliphatic carbocycles. The van der Waals surface area contributed by atoms with E-state index in [2.05, 4.69) is 4.98 Å². The molecule has 2 aromatic heterocycles. The predicted molar refractivity (Wildman–Crippen MR) is 134 cm³/mol. The van der Waals surface area contributed by atoms with Crippen molar-refractivity contribution in [3.63, 3.8) is 0 Å². The monoisotopic (exact) mass is 504 g/mol. The van der Waals surface area contributed by atoms with Crippen LogP contribution in [0.4, 0.5) is 15.4 Å². The minimum absolute atomic E-state index is 0.183. The Labute approximate surface area is 211 Å². The van der Waals surface area contributed by atoms with E-state index < -0.39 is 18.1 Å². The van der Waals surface area contributed by atoms with Crippen LogP contribution >= 0.6 is 0 Å². The number of carbonyl (C=O) groups is 3. The Morgan fingerprint density at radius 1 is 1.00 bits per heavy atom. The Kier molecular flexibility index (Phi) is 7.65. The van der Waals surface area contributed by atoms with Crippen molar-refractivity contribution in [1.82, 2.24) is 9.55 Å². The first kappa shape index (κ1) is 25.2. The maximum Gasteiger partial charge on any atom is 0.430 e. The second kappa shape index (κ2) is 11.2. The quantitative estimate of drug-likeness (QED) is 0.313. The maximum atomic E-state index is 12.5. The first-order valence-electron chi connectivity index (χ1n) is 11.3. The molecule has 4 rings (SSSR count). The SMILES string of the molecule is CCOCCn1c(C(N)=O)cc2cc(Oc3ccnc(N(C(=O)O)C(=O)Oc4ccccc4)c3)ccc21. The fourth-order valence-electron chi connectivity index (χ4n) is 3.68. The molecule has 0 bridgehead atoms. The van der Waals surface area contributed by atoms with E-state index in [1.165, 1.54) is 30.5 Å². The van der Waals surface area contributed by atoms with Crippen LogP contribution in [0.5, 0.6) is 17.2 Å². The van der Waals surface area contributed by atoms with Crippen molar-refractivity contribution in [2.75, 3.05) is 18.1 Å². The number of ether oxygens (including phenoxy) is 3. The zero-order chi connectivity index (χ0) is 26.4. The predicted octanol–water partition coefficient (Wildman–Crippen LogP) is 4.65. The Hall–Kier alpha value is -4.90. The molecule has 0 atom stereocenters. The Bertz CT molecular complexity index is 1440. The van der Waals surface area contributed by atoms with Crippen molar-refractivity contribution in [3.8, 4) is 17.2 Å². The lowest BCUT2D eigenvalue weighted by atomic mass is 10.2. The molecule has 0 saturated heterocycles. The van der Waals surface area contributed by atoms with Crippen LogP contribution < -0.4 is 20.1 Å². The van der Waals surface area contributed by atoms with Crippen LogP contribution in [-0.4, -0.2) is 46.0 Å². The van der Waals surface area contributed by atoms with E-state index in [1.807, 2.05) is 6.92 Å². The van der Waals surface area contributed by atoms with E-state index in [0.717, 1.165) is 10.9 Å². The van der Waals surface area contributed by atoms with Gasteiger partial charge in [-0.05, 0) is 49.4 Å². The van der Waals surface area contributed by atoms with Crippen LogP contribution in [0.25, 0.3) is 10.9 Å². The number of hydrogen-bond donors (Lipinski definition) is 2. The third kappa shape index (κ3) is 5.85. The number of imide groups is 1. The van der Waals surface area contributed by atoms with E-state index in [0.29, 0.717) is 36.1 Å². The van der Waals surface area contributed by atoms with Gasteiger partial charge in [-0.3, -0.25) is 4.79 Å². The fourth-order valence-corrected chi connectivity index (χ4v) is 3.68. The van der Waals surface area contributed by atoms with Gasteiger partial charge in [-0.1, -0.05) is 18.2 Å². The molecule has 0 fully saturated rings. The second-order valence-corrected chi connectivity index (χ2v) is 7.71. The molecule has 3 N–H and O–H groups in total. The zero-order valence-electron chi connectivity index (χ0n) is 19.9. The molecule has 37 heavy (non-hydrogen) atoms. The van der Waals surface area contributed by atoms with Crippen molar-refractivity contribution in [1.29, 1.82) is 0 Å². The number of rotatable bonds is 9. The number of para-hydroxylation sites is 1. The minimum atomic E-state index is -1.57. The van der Waals surface area contributed by atoms with Gasteiger partial charge in [0, 0.05) is 36.3 Å². The lowest BCUT2D eigenvalue weighted by Gasteiger charge is -2.16. The van der Waals surface area contributed by atoms with Gasteiger partial charge in [0.05, 0.1) is 6.61 Å². The molecule has 0 spiro atoms. The average molecular weight is 504 g/mol. The first-order chi connectivity index (χ1) is 17.9. The van der Waals surface area contributed by atoms with Crippen LogP contribution in [-0.2, 0) is 11.3 Å². The van der Waals surface area contributed by atoms with Gasteiger partial charge in [-0.2, -0.15) is 4.90 Å². The van der Waals surface area contributed by atoms with Crippen LogP contribution in [0.3, 0.4) is 0 Å². The molecule has 190 valence electrons. The largest absolute Gasteiger partial charge is 0.464 e. The van der Waals surface area contributed by atoms with Crippen molar-refractivity contribution in [2.45, 2.75) is 13.5 Å². The molecule has 2 aromatic carbocycles. The van der Waals surface area contributed by atoms with Crippen molar-refractivity contribution in [2.24, 2.45) is 5.73 Å². The molecular weight excluding hydrogens is 480 g/mol. The summed E-state index contributed by atoms with van der Waals surface area (Å²) in [6.07, 6.45) is -1.40. The molecule has 4 aromatic rings. The van der Waals surface area contributed by atoms with Gasteiger partial charge in [0.15, 0.2) is 5.82 Å². The number of fused-ring (bicyclic) bond motifs is 1. The van der Waals surface area contributed by atoms with Crippen LogP contribution in [0.15, 0.2) is 72.9 Å². The topological polar surface area (TPSA) is 146 Å². The third-order valence-electron chi connectivity index (χ3n) is 5.29. The number of pyridine rings is 1. The van der Waals surface area contributed by atoms with Crippen LogP contribution in [0, 0.1) is 0 Å². The summed E-state index contributed by atoms with van der Waals surface area (Å²) in [6, 6.07) is 17.8. The summed E-state index contributed by atoms with van der Waals surface area (Å²) in [6.45, 7) is 3.32. The number of primary amides is 1. The molecule has 0 aliphatic rings. The number of nitrogens with zero attached hydrogens (tertiary/aromatic N) is 3. The van der Waals surface area contributed by atoms with Crippen molar-refractivity contribution >= 4 is 34.8 Å². The third-order valence-corrected chi connectivity index (χ3v) is 5.29. The number of amides is 3. The summed E-state index contributed by atoms with van der Waals surface area (Å²) < 4.78 is 18.2. The summed E-state index contributed by atoms with van der Waals surface area (Å²) >= 11 is 0. The van der Waals surface area contributed by atoms with Gasteiger partial charge in [0.2, 0.25) is 0 Å². The first-order valence-corrected chi connectivity index (χ1v) is 11.3. The van der Waals surface area contributed by atoms with Gasteiger partial charge in [-0.25, -0.2) is 14.6 Å². The number of aromatic nitrogens is 2. The molecule has 11 nitrogen and oxygen atoms in total. The number of anilines is 1. The summed E-state index contributed by atoms with van der Waals surface area (Å²) in [7, 11) is 0. The molecule has 2 heterocycles. The molecule has 0 radical (unpaired) electrons. The zero-order valence-corrected chi connectivity index (χ0v) is 19.9. The summed E-state index contributed by atoms with van der Waals surface area (Å²) in [4.78, 5) is 40.7. The highest BCUT2D eigenvalue weighted by Gasteiger charge is 2.27. The van der Waals surface area contributed by atoms with E-state index in [9.17, 15) is 19.5 Å². The molecule has 0 unspecified atom stereocenters. The van der Waals surface area contributed by atoms with Crippen molar-refractivity contribution in [3.05, 3.63) is 78.6 Å². The van der Waals surface area contributed by atoms with Gasteiger partial charge in [0.1, 0.15) is 22.9 Å². The number of carbonyl (C=O) groups excluding carboxylic acids is 2. The van der Waals surface area contributed by atoms with Gasteiger partial charge in [0.25, 0.3) is 5.91 Å². The summed E-state index contributed by atoms with van der Waals surface area (Å²) in [5.74, 6) is 0.0588. The summed E-state index contributed by atoms with van der Waals surface area (Å²) in [5, 5.41) is 10.3. The lowest BCUT2D eigenvalue weighted by molar-refractivity contribution is 0.0986. The molecule has 0 aliphatic heterocycles. The van der Waals surface area contributed by atoms with E-state index in [4.69, 9.17) is 19.9 Å². The molecular formula is C26H24N4O7. The standard InChI is InChI=1S/C26H24N4O7/c1-2-35-13-12-29-21-9-8-19(14-17(21)15-22(29)24(27)31)36-20-10-11-28-23(16-20)30(25(32)33)26(34)37-18-6-4-3-5-7-18/h3-11,14-16H,2,12-13H2,1H3,(H2,27,31)(H,32,33). The average Bonchev–Trinajstić information content (AvgIpc) is 3.23. The molecule has 3 amide bonds. The highest BCUT2D eigenvalue weighted by atomic mass is 16.6. The van der Waals surface area contributed by atoms with E-state index in [1.54, 1.807) is 47.0 Å². The Balaban J connectivity index is 1.58. The van der Waals surface area contributed by atoms with Gasteiger partial charge in [-0.15, -0.1) is 0 Å². The smallest absolute Gasteiger partial charge is 0.430 e. The highest BCUT2D eigenvalue weighted by molar-refractivity contribution is 6.08. The van der Waals surface area contributed by atoms with Crippen LogP contribution in [0.2, 0.25) is 0 Å². The number of hydrogen-bond acceptors (Lipinski definition) is 7. The van der Waals surface area contributed by atoms with Gasteiger partial charge < -0.3 is 29.6 Å². The second-order valence-electron chi connectivity index (χ2n) is 7.71. The lowest BCUT2D eigenvalue weighted by Crippen LogP contribution is -2.38. The van der Waals surface area contributed by atoms with Gasteiger partial charge >= 0.3 is 12.2 Å². The normalized spacial score (nSPS) is 10.7. The Morgan fingerprint density at radius 2 is 1.76 bits per heavy atom.